The van der Waals surface area contributed by atoms with Crippen molar-refractivity contribution < 1.29 is 0 Å². The molecule has 90 valence electrons. The van der Waals surface area contributed by atoms with E-state index in [0.29, 0.717) is 0 Å². The van der Waals surface area contributed by atoms with Gasteiger partial charge >= 0.3 is 0 Å². The first-order chi connectivity index (χ1) is 8.16. The van der Waals surface area contributed by atoms with Crippen molar-refractivity contribution in [1.29, 1.82) is 0 Å². The van der Waals surface area contributed by atoms with Crippen molar-refractivity contribution >= 4 is 16.9 Å². The number of hydrogen-bond donors (Lipinski definition) is 0. The Balaban J connectivity index is 0.000000686. The highest BCUT2D eigenvalue weighted by Gasteiger charge is 2.02. The zero-order valence-corrected chi connectivity index (χ0v) is 11.9. The molecule has 0 saturated heterocycles. The fraction of sp³-hybridized carbons (Fsp3) is 0.250. The molecule has 0 unspecified atom stereocenters. The van der Waals surface area contributed by atoms with E-state index in [1.54, 1.807) is 11.3 Å². The van der Waals surface area contributed by atoms with Gasteiger partial charge in [0.1, 0.15) is 0 Å². The zero-order valence-electron chi connectivity index (χ0n) is 11.1. The number of aryl methyl sites for hydroxylation is 1. The Hall–Kier alpha value is -1.34. The molecule has 0 bridgehead atoms. The summed E-state index contributed by atoms with van der Waals surface area (Å²) in [5.74, 6) is 0. The molecule has 0 atom stereocenters. The minimum absolute atomic E-state index is 1.14. The number of rotatable bonds is 2. The number of thiophene rings is 1. The van der Waals surface area contributed by atoms with E-state index in [2.05, 4.69) is 49.9 Å². The van der Waals surface area contributed by atoms with Gasteiger partial charge < -0.3 is 0 Å². The Labute approximate surface area is 109 Å². The first kappa shape index (κ1) is 13.7. The SMILES string of the molecule is C=C(C)c1ccc(-c2ccc(C)cc2)s1.CC. The van der Waals surface area contributed by atoms with E-state index >= 15 is 0 Å². The van der Waals surface area contributed by atoms with Gasteiger partial charge in [-0.25, -0.2) is 0 Å². The molecule has 2 rings (SSSR count). The monoisotopic (exact) mass is 244 g/mol. The Morgan fingerprint density at radius 1 is 1.00 bits per heavy atom. The second-order valence-electron chi connectivity index (χ2n) is 3.81. The first-order valence-corrected chi connectivity index (χ1v) is 6.81. The van der Waals surface area contributed by atoms with Gasteiger partial charge in [0.2, 0.25) is 0 Å². The van der Waals surface area contributed by atoms with Crippen LogP contribution in [-0.4, -0.2) is 0 Å². The van der Waals surface area contributed by atoms with Crippen LogP contribution in [0.25, 0.3) is 16.0 Å². The molecule has 0 amide bonds. The third kappa shape index (κ3) is 3.57. The van der Waals surface area contributed by atoms with Crippen LogP contribution in [0.1, 0.15) is 31.2 Å². The smallest absolute Gasteiger partial charge is 0.0349 e. The Kier molecular flexibility index (Phi) is 5.17. The quantitative estimate of drug-likeness (QED) is 0.628. The van der Waals surface area contributed by atoms with Gasteiger partial charge in [-0.2, -0.15) is 0 Å². The Morgan fingerprint density at radius 2 is 1.59 bits per heavy atom. The minimum Gasteiger partial charge on any atom is -0.136 e. The van der Waals surface area contributed by atoms with E-state index in [4.69, 9.17) is 0 Å². The van der Waals surface area contributed by atoms with Crippen LogP contribution >= 0.6 is 11.3 Å². The van der Waals surface area contributed by atoms with Crippen molar-refractivity contribution in [3.8, 4) is 10.4 Å². The number of allylic oxidation sites excluding steroid dienone is 1. The average Bonchev–Trinajstić information content (AvgIpc) is 2.82. The van der Waals surface area contributed by atoms with Crippen molar-refractivity contribution in [3.63, 3.8) is 0 Å². The summed E-state index contributed by atoms with van der Waals surface area (Å²) in [7, 11) is 0. The highest BCUT2D eigenvalue weighted by molar-refractivity contribution is 7.16. The van der Waals surface area contributed by atoms with Crippen LogP contribution < -0.4 is 0 Å². The minimum atomic E-state index is 1.14. The molecule has 1 aromatic heterocycles. The summed E-state index contributed by atoms with van der Waals surface area (Å²) >= 11 is 1.80. The van der Waals surface area contributed by atoms with E-state index < -0.39 is 0 Å². The van der Waals surface area contributed by atoms with E-state index in [1.807, 2.05) is 20.8 Å². The predicted molar refractivity (Wildman–Crippen MR) is 80.5 cm³/mol. The number of benzene rings is 1. The van der Waals surface area contributed by atoms with Gasteiger partial charge in [-0.3, -0.25) is 0 Å². The van der Waals surface area contributed by atoms with Gasteiger partial charge in [0, 0.05) is 9.75 Å². The second kappa shape index (κ2) is 6.41. The number of hydrogen-bond acceptors (Lipinski definition) is 1. The third-order valence-corrected chi connectivity index (χ3v) is 3.66. The first-order valence-electron chi connectivity index (χ1n) is 5.99. The highest BCUT2D eigenvalue weighted by Crippen LogP contribution is 2.31. The van der Waals surface area contributed by atoms with Crippen molar-refractivity contribution in [2.75, 3.05) is 0 Å². The average molecular weight is 244 g/mol. The lowest BCUT2D eigenvalue weighted by Gasteiger charge is -1.97. The molecule has 1 aromatic carbocycles. The van der Waals surface area contributed by atoms with Gasteiger partial charge in [0.15, 0.2) is 0 Å². The summed E-state index contributed by atoms with van der Waals surface area (Å²) < 4.78 is 0. The van der Waals surface area contributed by atoms with Gasteiger partial charge in [-0.05, 0) is 37.1 Å². The van der Waals surface area contributed by atoms with E-state index in [1.165, 1.54) is 20.9 Å². The lowest BCUT2D eigenvalue weighted by atomic mass is 10.1. The predicted octanol–water partition coefficient (Wildman–Crippen LogP) is 5.78. The Bertz CT molecular complexity index is 474. The maximum Gasteiger partial charge on any atom is 0.0349 e. The van der Waals surface area contributed by atoms with Gasteiger partial charge in [0.25, 0.3) is 0 Å². The fourth-order valence-corrected chi connectivity index (χ4v) is 2.38. The van der Waals surface area contributed by atoms with Crippen LogP contribution in [-0.2, 0) is 0 Å². The standard InChI is InChI=1S/C14H14S.C2H6/c1-10(2)13-8-9-14(15-13)12-6-4-11(3)5-7-12;1-2/h4-9H,1H2,2-3H3;1-2H3. The van der Waals surface area contributed by atoms with Crippen molar-refractivity contribution in [2.24, 2.45) is 0 Å². The maximum absolute atomic E-state index is 3.96. The van der Waals surface area contributed by atoms with Gasteiger partial charge in [0.05, 0.1) is 0 Å². The molecule has 0 nitrogen and oxygen atoms in total. The zero-order chi connectivity index (χ0) is 12.8. The molecule has 0 spiro atoms. The largest absolute Gasteiger partial charge is 0.136 e. The van der Waals surface area contributed by atoms with Crippen LogP contribution in [0, 0.1) is 6.92 Å². The molecule has 0 aliphatic carbocycles. The van der Waals surface area contributed by atoms with E-state index in [0.717, 1.165) is 5.57 Å². The summed E-state index contributed by atoms with van der Waals surface area (Å²) in [4.78, 5) is 2.58. The molecule has 0 aliphatic heterocycles. The molecule has 0 saturated carbocycles. The highest BCUT2D eigenvalue weighted by atomic mass is 32.1. The lowest BCUT2D eigenvalue weighted by molar-refractivity contribution is 1.48. The van der Waals surface area contributed by atoms with E-state index in [9.17, 15) is 0 Å². The summed E-state index contributed by atoms with van der Waals surface area (Å²) in [6, 6.07) is 12.9. The van der Waals surface area contributed by atoms with Gasteiger partial charge in [-0.1, -0.05) is 50.3 Å². The second-order valence-corrected chi connectivity index (χ2v) is 4.89. The third-order valence-electron chi connectivity index (χ3n) is 2.36. The summed E-state index contributed by atoms with van der Waals surface area (Å²) in [6.45, 7) is 12.1. The summed E-state index contributed by atoms with van der Waals surface area (Å²) in [6.07, 6.45) is 0. The van der Waals surface area contributed by atoms with Crippen LogP contribution in [0.2, 0.25) is 0 Å². The van der Waals surface area contributed by atoms with Crippen molar-refractivity contribution in [3.05, 3.63) is 53.4 Å². The maximum atomic E-state index is 3.96. The normalized spacial score (nSPS) is 9.41. The van der Waals surface area contributed by atoms with Crippen molar-refractivity contribution in [1.82, 2.24) is 0 Å². The van der Waals surface area contributed by atoms with Crippen molar-refractivity contribution in [2.45, 2.75) is 27.7 Å². The van der Waals surface area contributed by atoms with E-state index in [-0.39, 0.29) is 0 Å². The molecule has 0 N–H and O–H groups in total. The Morgan fingerprint density at radius 3 is 2.06 bits per heavy atom. The molecule has 0 radical (unpaired) electrons. The molecular formula is C16H20S. The summed E-state index contributed by atoms with van der Waals surface area (Å²) in [5.41, 5.74) is 3.73. The molecule has 17 heavy (non-hydrogen) atoms. The molecule has 2 aromatic rings. The summed E-state index contributed by atoms with van der Waals surface area (Å²) in [5, 5.41) is 0. The topological polar surface area (TPSA) is 0 Å². The molecule has 1 heteroatoms. The van der Waals surface area contributed by atoms with Crippen LogP contribution in [0.4, 0.5) is 0 Å². The molecule has 0 fully saturated rings. The van der Waals surface area contributed by atoms with Gasteiger partial charge in [-0.15, -0.1) is 11.3 Å². The van der Waals surface area contributed by atoms with Crippen LogP contribution in [0.3, 0.4) is 0 Å². The van der Waals surface area contributed by atoms with Crippen LogP contribution in [0.5, 0.6) is 0 Å². The van der Waals surface area contributed by atoms with Crippen LogP contribution in [0.15, 0.2) is 43.0 Å². The molecule has 0 aliphatic rings. The molecule has 1 heterocycles. The lowest BCUT2D eigenvalue weighted by Crippen LogP contribution is -1.72. The fourth-order valence-electron chi connectivity index (χ4n) is 1.44. The molecular weight excluding hydrogens is 224 g/mol.